The Balaban J connectivity index is 2.62. The third kappa shape index (κ3) is 2.71. The number of ether oxygens (including phenoxy) is 2. The molecule has 0 saturated carbocycles. The van der Waals surface area contributed by atoms with Crippen molar-refractivity contribution >= 4 is 22.6 Å². The highest BCUT2D eigenvalue weighted by Gasteiger charge is 2.38. The van der Waals surface area contributed by atoms with E-state index in [0.717, 1.165) is 6.20 Å². The van der Waals surface area contributed by atoms with Gasteiger partial charge in [-0.3, -0.25) is 14.9 Å². The smallest absolute Gasteiger partial charge is 0.343 e. The molecule has 144 valence electrons. The average molecular weight is 382 g/mol. The zero-order valence-electron chi connectivity index (χ0n) is 14.8. The molecule has 1 aliphatic rings. The van der Waals surface area contributed by atoms with Gasteiger partial charge in [-0.15, -0.1) is 0 Å². The number of halogens is 2. The molecular weight excluding hydrogens is 366 g/mol. The summed E-state index contributed by atoms with van der Waals surface area (Å²) >= 11 is 0. The zero-order valence-corrected chi connectivity index (χ0v) is 14.8. The fraction of sp³-hybridized carbons (Fsp3) is 0.412. The first-order chi connectivity index (χ1) is 12.6. The SMILES string of the molecule is CCOC(=O)c1cn2c3c(c(F)c(F)c([N+](=O)[O-])c3c1=O)OCCC2(C)C. The maximum absolute atomic E-state index is 14.5. The van der Waals surface area contributed by atoms with Crippen molar-refractivity contribution in [2.45, 2.75) is 32.7 Å². The summed E-state index contributed by atoms with van der Waals surface area (Å²) in [6.45, 7) is 4.92. The Hall–Kier alpha value is -3.04. The van der Waals surface area contributed by atoms with E-state index in [1.54, 1.807) is 13.8 Å². The predicted molar refractivity (Wildman–Crippen MR) is 90.2 cm³/mol. The predicted octanol–water partition coefficient (Wildman–Crippen LogP) is 2.88. The molecule has 27 heavy (non-hydrogen) atoms. The van der Waals surface area contributed by atoms with Gasteiger partial charge in [-0.1, -0.05) is 0 Å². The summed E-state index contributed by atoms with van der Waals surface area (Å²) in [7, 11) is 0. The van der Waals surface area contributed by atoms with Crippen LogP contribution in [0.4, 0.5) is 14.5 Å². The van der Waals surface area contributed by atoms with Crippen molar-refractivity contribution in [3.05, 3.63) is 43.7 Å². The molecular formula is C17H16F2N2O6. The van der Waals surface area contributed by atoms with E-state index in [4.69, 9.17) is 9.47 Å². The zero-order chi connectivity index (χ0) is 20.1. The molecule has 0 unspecified atom stereocenters. The second-order valence-corrected chi connectivity index (χ2v) is 6.66. The summed E-state index contributed by atoms with van der Waals surface area (Å²) in [5.74, 6) is -4.96. The van der Waals surface area contributed by atoms with Crippen LogP contribution in [0.15, 0.2) is 11.0 Å². The molecule has 0 fully saturated rings. The Kier molecular flexibility index (Phi) is 4.37. The van der Waals surface area contributed by atoms with Crippen LogP contribution in [0.2, 0.25) is 0 Å². The number of nitro groups is 1. The van der Waals surface area contributed by atoms with Gasteiger partial charge in [-0.2, -0.15) is 8.78 Å². The summed E-state index contributed by atoms with van der Waals surface area (Å²) in [4.78, 5) is 35.3. The van der Waals surface area contributed by atoms with Gasteiger partial charge in [-0.05, 0) is 20.8 Å². The Morgan fingerprint density at radius 2 is 2.07 bits per heavy atom. The number of benzene rings is 1. The third-order valence-corrected chi connectivity index (χ3v) is 4.55. The number of carbonyl (C=O) groups is 1. The first kappa shape index (κ1) is 18.7. The summed E-state index contributed by atoms with van der Waals surface area (Å²) in [6.07, 6.45) is 1.47. The van der Waals surface area contributed by atoms with Crippen LogP contribution in [0.1, 0.15) is 37.6 Å². The molecule has 0 saturated heterocycles. The molecule has 2 aromatic rings. The fourth-order valence-corrected chi connectivity index (χ4v) is 3.13. The molecule has 0 N–H and O–H groups in total. The number of rotatable bonds is 3. The number of pyridine rings is 1. The van der Waals surface area contributed by atoms with E-state index in [0.29, 0.717) is 6.42 Å². The van der Waals surface area contributed by atoms with Crippen molar-refractivity contribution in [1.29, 1.82) is 0 Å². The van der Waals surface area contributed by atoms with E-state index in [1.807, 2.05) is 0 Å². The Morgan fingerprint density at radius 3 is 2.67 bits per heavy atom. The number of esters is 1. The Labute approximate surface area is 151 Å². The molecule has 10 heteroatoms. The monoisotopic (exact) mass is 382 g/mol. The fourth-order valence-electron chi connectivity index (χ4n) is 3.13. The summed E-state index contributed by atoms with van der Waals surface area (Å²) in [5, 5.41) is 10.7. The van der Waals surface area contributed by atoms with E-state index in [-0.39, 0.29) is 18.7 Å². The van der Waals surface area contributed by atoms with Crippen LogP contribution in [0.3, 0.4) is 0 Å². The minimum Gasteiger partial charge on any atom is -0.488 e. The van der Waals surface area contributed by atoms with Crippen LogP contribution >= 0.6 is 0 Å². The molecule has 3 rings (SSSR count). The average Bonchev–Trinajstić information content (AvgIpc) is 2.71. The van der Waals surface area contributed by atoms with Gasteiger partial charge in [0, 0.05) is 18.2 Å². The van der Waals surface area contributed by atoms with Crippen LogP contribution in [-0.2, 0) is 10.3 Å². The Bertz CT molecular complexity index is 1040. The van der Waals surface area contributed by atoms with Gasteiger partial charge in [0.15, 0.2) is 5.75 Å². The minimum atomic E-state index is -1.81. The molecule has 0 amide bonds. The van der Waals surface area contributed by atoms with Crippen molar-refractivity contribution in [1.82, 2.24) is 4.57 Å². The molecule has 0 radical (unpaired) electrons. The number of nitro benzene ring substituents is 1. The highest BCUT2D eigenvalue weighted by atomic mass is 19.2. The van der Waals surface area contributed by atoms with Gasteiger partial charge in [-0.25, -0.2) is 4.79 Å². The standard InChI is InChI=1S/C17H16F2N2O6/c1-4-26-16(23)8-7-20-13-9(14(8)22)12(21(24)25)10(18)11(19)15(13)27-6-5-17(20,2)3/h7H,4-6H2,1-3H3. The molecule has 8 nitrogen and oxygen atoms in total. The molecule has 1 aromatic carbocycles. The third-order valence-electron chi connectivity index (χ3n) is 4.55. The molecule has 1 aromatic heterocycles. The number of nitrogens with zero attached hydrogens (tertiary/aromatic N) is 2. The van der Waals surface area contributed by atoms with E-state index in [2.05, 4.69) is 0 Å². The van der Waals surface area contributed by atoms with Gasteiger partial charge in [0.2, 0.25) is 17.1 Å². The molecule has 0 bridgehead atoms. The molecule has 0 spiro atoms. The van der Waals surface area contributed by atoms with E-state index >= 15 is 0 Å². The summed E-state index contributed by atoms with van der Waals surface area (Å²) < 4.78 is 40.4. The van der Waals surface area contributed by atoms with Gasteiger partial charge in [0.25, 0.3) is 0 Å². The highest BCUT2D eigenvalue weighted by Crippen LogP contribution is 2.41. The van der Waals surface area contributed by atoms with E-state index in [9.17, 15) is 28.5 Å². The first-order valence-corrected chi connectivity index (χ1v) is 8.17. The topological polar surface area (TPSA) is 101 Å². The van der Waals surface area contributed by atoms with Crippen LogP contribution < -0.4 is 10.2 Å². The largest absolute Gasteiger partial charge is 0.488 e. The second-order valence-electron chi connectivity index (χ2n) is 6.66. The van der Waals surface area contributed by atoms with Gasteiger partial charge >= 0.3 is 11.7 Å². The normalized spacial score (nSPS) is 15.1. The lowest BCUT2D eigenvalue weighted by molar-refractivity contribution is -0.386. The van der Waals surface area contributed by atoms with Gasteiger partial charge in [0.1, 0.15) is 16.5 Å². The number of aromatic nitrogens is 1. The summed E-state index contributed by atoms with van der Waals surface area (Å²) in [5.41, 5.74) is -4.03. The van der Waals surface area contributed by atoms with E-state index in [1.165, 1.54) is 11.5 Å². The van der Waals surface area contributed by atoms with Crippen molar-refractivity contribution in [2.75, 3.05) is 13.2 Å². The lowest BCUT2D eigenvalue weighted by Crippen LogP contribution is -2.31. The first-order valence-electron chi connectivity index (χ1n) is 8.17. The van der Waals surface area contributed by atoms with Crippen LogP contribution in [0.25, 0.3) is 10.9 Å². The number of hydrogen-bond donors (Lipinski definition) is 0. The van der Waals surface area contributed by atoms with Crippen molar-refractivity contribution in [2.24, 2.45) is 0 Å². The van der Waals surface area contributed by atoms with Crippen molar-refractivity contribution in [3.8, 4) is 5.75 Å². The Morgan fingerprint density at radius 1 is 1.41 bits per heavy atom. The number of carbonyl (C=O) groups excluding carboxylic acids is 1. The van der Waals surface area contributed by atoms with Gasteiger partial charge < -0.3 is 14.0 Å². The minimum absolute atomic E-state index is 0.0130. The lowest BCUT2D eigenvalue weighted by atomic mass is 9.98. The highest BCUT2D eigenvalue weighted by molar-refractivity contribution is 5.99. The maximum atomic E-state index is 14.5. The second kappa shape index (κ2) is 6.29. The van der Waals surface area contributed by atoms with Crippen LogP contribution in [-0.4, -0.2) is 28.7 Å². The molecule has 1 aliphatic heterocycles. The molecule has 2 heterocycles. The maximum Gasteiger partial charge on any atom is 0.343 e. The van der Waals surface area contributed by atoms with Crippen LogP contribution in [0.5, 0.6) is 5.75 Å². The van der Waals surface area contributed by atoms with Crippen molar-refractivity contribution < 1.29 is 28.0 Å². The van der Waals surface area contributed by atoms with Crippen molar-refractivity contribution in [3.63, 3.8) is 0 Å². The molecule has 0 aliphatic carbocycles. The number of hydrogen-bond acceptors (Lipinski definition) is 6. The van der Waals surface area contributed by atoms with E-state index < -0.39 is 55.9 Å². The molecule has 0 atom stereocenters. The van der Waals surface area contributed by atoms with Crippen LogP contribution in [0, 0.1) is 21.7 Å². The van der Waals surface area contributed by atoms with Gasteiger partial charge in [0.05, 0.1) is 18.1 Å². The summed E-state index contributed by atoms with van der Waals surface area (Å²) in [6, 6.07) is 0. The quantitative estimate of drug-likeness (QED) is 0.460. The lowest BCUT2D eigenvalue weighted by Gasteiger charge is -2.28.